The van der Waals surface area contributed by atoms with Crippen LogP contribution in [0.4, 0.5) is 5.69 Å². The minimum Gasteiger partial charge on any atom is -0.484 e. The predicted molar refractivity (Wildman–Crippen MR) is 122 cm³/mol. The number of aliphatic imine (C=N–C) groups is 1. The molecule has 6 nitrogen and oxygen atoms in total. The highest BCUT2D eigenvalue weighted by Crippen LogP contribution is 2.42. The number of hydrogen-bond acceptors (Lipinski definition) is 5. The van der Waals surface area contributed by atoms with Crippen LogP contribution in [0.3, 0.4) is 0 Å². The second-order valence-corrected chi connectivity index (χ2v) is 11.4. The second-order valence-electron chi connectivity index (χ2n) is 7.13. The van der Waals surface area contributed by atoms with Gasteiger partial charge >= 0.3 is 0 Å². The summed E-state index contributed by atoms with van der Waals surface area (Å²) in [6, 6.07) is 11.8. The fraction of sp³-hybridized carbons (Fsp3) is 0.300. The second kappa shape index (κ2) is 8.42. The summed E-state index contributed by atoms with van der Waals surface area (Å²) in [5.74, 6) is 0.135. The van der Waals surface area contributed by atoms with Crippen molar-refractivity contribution in [3.8, 4) is 5.75 Å². The molecule has 0 aromatic heterocycles. The molecule has 2 aliphatic rings. The van der Waals surface area contributed by atoms with Crippen LogP contribution < -0.4 is 9.64 Å². The quantitative estimate of drug-likeness (QED) is 0.652. The third-order valence-electron chi connectivity index (χ3n) is 4.89. The Bertz CT molecular complexity index is 1120. The third-order valence-corrected chi connectivity index (χ3v) is 8.59. The Morgan fingerprint density at radius 3 is 2.60 bits per heavy atom. The molecule has 2 heterocycles. The molecule has 0 N–H and O–H groups in total. The molecule has 2 atom stereocenters. The molecular weight excluding hydrogens is 467 g/mol. The average molecular weight is 485 g/mol. The van der Waals surface area contributed by atoms with Crippen molar-refractivity contribution >= 4 is 61.6 Å². The number of sulfone groups is 1. The average Bonchev–Trinajstić information content (AvgIpc) is 3.14. The van der Waals surface area contributed by atoms with E-state index < -0.39 is 15.7 Å². The molecular formula is C20H18Cl2N2O4S2. The van der Waals surface area contributed by atoms with Gasteiger partial charge in [0.1, 0.15) is 5.75 Å². The molecule has 0 bridgehead atoms. The number of hydrogen-bond donors (Lipinski definition) is 0. The number of fused-ring (bicyclic) bond motifs is 1. The van der Waals surface area contributed by atoms with Crippen molar-refractivity contribution in [2.45, 2.75) is 18.2 Å². The highest BCUT2D eigenvalue weighted by molar-refractivity contribution is 8.16. The van der Waals surface area contributed by atoms with Crippen molar-refractivity contribution < 1.29 is 17.9 Å². The van der Waals surface area contributed by atoms with E-state index in [4.69, 9.17) is 27.9 Å². The molecule has 10 heteroatoms. The number of carbonyl (C=O) groups excluding carboxylic acids is 1. The highest BCUT2D eigenvalue weighted by Gasteiger charge is 2.49. The molecule has 0 aliphatic carbocycles. The van der Waals surface area contributed by atoms with Crippen LogP contribution in [0.1, 0.15) is 5.56 Å². The van der Waals surface area contributed by atoms with E-state index in [0.29, 0.717) is 21.0 Å². The third kappa shape index (κ3) is 4.61. The normalized spacial score (nSPS) is 23.6. The van der Waals surface area contributed by atoms with Gasteiger partial charge in [0, 0.05) is 21.0 Å². The molecule has 0 spiro atoms. The van der Waals surface area contributed by atoms with Gasteiger partial charge in [-0.3, -0.25) is 4.79 Å². The van der Waals surface area contributed by atoms with Gasteiger partial charge in [0.15, 0.2) is 21.6 Å². The lowest BCUT2D eigenvalue weighted by Crippen LogP contribution is -2.38. The summed E-state index contributed by atoms with van der Waals surface area (Å²) in [6.07, 6.45) is 0. The van der Waals surface area contributed by atoms with E-state index in [1.54, 1.807) is 36.4 Å². The zero-order valence-electron chi connectivity index (χ0n) is 15.9. The van der Waals surface area contributed by atoms with Gasteiger partial charge < -0.3 is 9.64 Å². The SMILES string of the molecule is Cc1ccc(Cl)cc1N1C(=NC(=O)COc2ccc(Cl)cc2)S[C@@H]2CS(=O)(=O)C[C@H]21. The number of nitrogens with zero attached hydrogens (tertiary/aromatic N) is 2. The molecule has 0 unspecified atom stereocenters. The van der Waals surface area contributed by atoms with E-state index in [2.05, 4.69) is 4.99 Å². The molecule has 4 rings (SSSR count). The Labute approximate surface area is 189 Å². The summed E-state index contributed by atoms with van der Waals surface area (Å²) in [5, 5.41) is 1.39. The molecule has 2 aromatic carbocycles. The Morgan fingerprint density at radius 2 is 1.87 bits per heavy atom. The minimum atomic E-state index is -3.14. The molecule has 2 saturated heterocycles. The van der Waals surface area contributed by atoms with Crippen LogP contribution in [0.15, 0.2) is 47.5 Å². The van der Waals surface area contributed by atoms with Crippen LogP contribution in [0.25, 0.3) is 0 Å². The number of amides is 1. The van der Waals surface area contributed by atoms with Gasteiger partial charge in [0.05, 0.1) is 17.5 Å². The lowest BCUT2D eigenvalue weighted by atomic mass is 10.1. The minimum absolute atomic E-state index is 0.0190. The van der Waals surface area contributed by atoms with Crippen LogP contribution >= 0.6 is 35.0 Å². The molecule has 30 heavy (non-hydrogen) atoms. The lowest BCUT2D eigenvalue weighted by molar-refractivity contribution is -0.119. The zero-order chi connectivity index (χ0) is 21.5. The first-order chi connectivity index (χ1) is 14.2. The largest absolute Gasteiger partial charge is 0.484 e. The number of anilines is 1. The summed E-state index contributed by atoms with van der Waals surface area (Å²) >= 11 is 13.3. The van der Waals surface area contributed by atoms with Crippen LogP contribution in [0, 0.1) is 6.92 Å². The van der Waals surface area contributed by atoms with Gasteiger partial charge in [-0.05, 0) is 48.9 Å². The number of amidine groups is 1. The molecule has 0 saturated carbocycles. The van der Waals surface area contributed by atoms with Crippen LogP contribution in [0.5, 0.6) is 5.75 Å². The van der Waals surface area contributed by atoms with Gasteiger partial charge in [0.25, 0.3) is 5.91 Å². The Morgan fingerprint density at radius 1 is 1.17 bits per heavy atom. The summed E-state index contributed by atoms with van der Waals surface area (Å²) in [6.45, 7) is 1.68. The molecule has 158 valence electrons. The van der Waals surface area contributed by atoms with Crippen LogP contribution in [-0.4, -0.2) is 48.9 Å². The smallest absolute Gasteiger partial charge is 0.285 e. The van der Waals surface area contributed by atoms with Crippen molar-refractivity contribution in [1.29, 1.82) is 0 Å². The maximum absolute atomic E-state index is 12.5. The number of thioether (sulfide) groups is 1. The van der Waals surface area contributed by atoms with Gasteiger partial charge in [-0.1, -0.05) is 41.0 Å². The Hall–Kier alpha value is -1.74. The van der Waals surface area contributed by atoms with Gasteiger partial charge in [0.2, 0.25) is 0 Å². The van der Waals surface area contributed by atoms with Crippen molar-refractivity contribution in [3.05, 3.63) is 58.1 Å². The van der Waals surface area contributed by atoms with Gasteiger partial charge in [-0.15, -0.1) is 0 Å². The maximum atomic E-state index is 12.5. The van der Waals surface area contributed by atoms with Gasteiger partial charge in [-0.2, -0.15) is 4.99 Å². The van der Waals surface area contributed by atoms with Crippen molar-refractivity contribution in [3.63, 3.8) is 0 Å². The molecule has 2 fully saturated rings. The van der Waals surface area contributed by atoms with Crippen molar-refractivity contribution in [1.82, 2.24) is 0 Å². The monoisotopic (exact) mass is 484 g/mol. The molecule has 2 aromatic rings. The Balaban J connectivity index is 1.59. The molecule has 2 aliphatic heterocycles. The fourth-order valence-corrected chi connectivity index (χ4v) is 7.72. The first kappa shape index (κ1) is 21.5. The van der Waals surface area contributed by atoms with E-state index in [1.807, 2.05) is 17.9 Å². The molecule has 0 radical (unpaired) electrons. The zero-order valence-corrected chi connectivity index (χ0v) is 19.1. The summed E-state index contributed by atoms with van der Waals surface area (Å²) in [5.41, 5.74) is 1.67. The fourth-order valence-electron chi connectivity index (χ4n) is 3.50. The van der Waals surface area contributed by atoms with E-state index in [-0.39, 0.29) is 29.4 Å². The van der Waals surface area contributed by atoms with E-state index in [0.717, 1.165) is 11.3 Å². The maximum Gasteiger partial charge on any atom is 0.285 e. The number of halogens is 2. The van der Waals surface area contributed by atoms with Gasteiger partial charge in [-0.25, -0.2) is 8.42 Å². The topological polar surface area (TPSA) is 76.0 Å². The standard InChI is InChI=1S/C20H18Cl2N2O4S2/c1-12-2-3-14(22)8-16(12)24-17-10-30(26,27)11-18(17)29-20(24)23-19(25)9-28-15-6-4-13(21)5-7-15/h2-8,17-18H,9-11H2,1H3/t17-,18-/m1/s1. The van der Waals surface area contributed by atoms with E-state index in [9.17, 15) is 13.2 Å². The summed E-state index contributed by atoms with van der Waals surface area (Å²) < 4.78 is 29.8. The molecule has 1 amide bonds. The van der Waals surface area contributed by atoms with Crippen LogP contribution in [-0.2, 0) is 14.6 Å². The van der Waals surface area contributed by atoms with Crippen molar-refractivity contribution in [2.24, 2.45) is 4.99 Å². The number of benzene rings is 2. The summed E-state index contributed by atoms with van der Waals surface area (Å²) in [7, 11) is -3.14. The Kier molecular flexibility index (Phi) is 6.03. The van der Waals surface area contributed by atoms with Crippen molar-refractivity contribution in [2.75, 3.05) is 23.0 Å². The number of rotatable bonds is 4. The highest BCUT2D eigenvalue weighted by atomic mass is 35.5. The lowest BCUT2D eigenvalue weighted by Gasteiger charge is -2.26. The predicted octanol–water partition coefficient (Wildman–Crippen LogP) is 3.98. The summed E-state index contributed by atoms with van der Waals surface area (Å²) in [4.78, 5) is 18.6. The van der Waals surface area contributed by atoms with E-state index >= 15 is 0 Å². The van der Waals surface area contributed by atoms with Crippen LogP contribution in [0.2, 0.25) is 10.0 Å². The number of carbonyl (C=O) groups is 1. The first-order valence-electron chi connectivity index (χ1n) is 9.14. The number of aryl methyl sites for hydroxylation is 1. The number of ether oxygens (including phenoxy) is 1. The van der Waals surface area contributed by atoms with E-state index in [1.165, 1.54) is 11.8 Å². The first-order valence-corrected chi connectivity index (χ1v) is 12.6.